The Labute approximate surface area is 214 Å². The quantitative estimate of drug-likeness (QED) is 0.456. The molecule has 3 aromatic carbocycles. The second-order valence-corrected chi connectivity index (χ2v) is 10.1. The Balaban J connectivity index is 1.33. The van der Waals surface area contributed by atoms with Gasteiger partial charge >= 0.3 is 0 Å². The molecule has 184 valence electrons. The summed E-state index contributed by atoms with van der Waals surface area (Å²) in [7, 11) is 0. The highest BCUT2D eigenvalue weighted by Gasteiger charge is 2.74. The number of imide groups is 1. The van der Waals surface area contributed by atoms with Crippen LogP contribution in [0.5, 0.6) is 5.75 Å². The van der Waals surface area contributed by atoms with E-state index in [1.165, 1.54) is 4.90 Å². The van der Waals surface area contributed by atoms with Gasteiger partial charge in [0, 0.05) is 17.2 Å². The standard InChI is InChI=1S/C30H25N3O4/c1-2-29-13-14-30(37-29,15-16-36-21-10-7-19(17-31)8-11-21)26-25(29)27(34)33(28(26)35)24-12-9-20(18-32)22-5-3-4-6-23(22)24/h3-12,25-26H,2,13-16H2,1H3/t25-,26+,29-,30-/m1/s1. The van der Waals surface area contributed by atoms with E-state index in [-0.39, 0.29) is 11.8 Å². The van der Waals surface area contributed by atoms with Gasteiger partial charge in [0.2, 0.25) is 11.8 Å². The lowest BCUT2D eigenvalue weighted by molar-refractivity contribution is -0.132. The zero-order chi connectivity index (χ0) is 25.8. The number of rotatable bonds is 6. The van der Waals surface area contributed by atoms with Crippen molar-refractivity contribution in [1.29, 1.82) is 10.5 Å². The summed E-state index contributed by atoms with van der Waals surface area (Å²) in [5.74, 6) is -0.931. The van der Waals surface area contributed by atoms with Gasteiger partial charge in [0.15, 0.2) is 0 Å². The van der Waals surface area contributed by atoms with Gasteiger partial charge in [-0.2, -0.15) is 10.5 Å². The van der Waals surface area contributed by atoms with Gasteiger partial charge in [0.1, 0.15) is 5.75 Å². The topological polar surface area (TPSA) is 103 Å². The molecule has 0 N–H and O–H groups in total. The van der Waals surface area contributed by atoms with E-state index >= 15 is 0 Å². The molecule has 37 heavy (non-hydrogen) atoms. The first-order chi connectivity index (χ1) is 18.0. The Kier molecular flexibility index (Phi) is 5.29. The Hall–Kier alpha value is -4.20. The van der Waals surface area contributed by atoms with Crippen molar-refractivity contribution in [2.45, 2.75) is 43.8 Å². The number of fused-ring (bicyclic) bond motifs is 6. The van der Waals surface area contributed by atoms with E-state index < -0.39 is 23.0 Å². The van der Waals surface area contributed by atoms with Crippen LogP contribution in [0.25, 0.3) is 10.8 Å². The van der Waals surface area contributed by atoms with E-state index in [1.807, 2.05) is 31.2 Å². The first kappa shape index (κ1) is 23.2. The third-order valence-electron chi connectivity index (χ3n) is 8.46. The Bertz CT molecular complexity index is 1520. The predicted molar refractivity (Wildman–Crippen MR) is 135 cm³/mol. The lowest BCUT2D eigenvalue weighted by Crippen LogP contribution is -2.43. The number of benzene rings is 3. The highest BCUT2D eigenvalue weighted by molar-refractivity contribution is 6.26. The fraction of sp³-hybridized carbons (Fsp3) is 0.333. The van der Waals surface area contributed by atoms with Crippen LogP contribution in [0, 0.1) is 34.5 Å². The lowest BCUT2D eigenvalue weighted by atomic mass is 9.66. The molecule has 6 rings (SSSR count). The molecule has 0 spiro atoms. The van der Waals surface area contributed by atoms with Crippen molar-refractivity contribution in [2.75, 3.05) is 11.5 Å². The maximum Gasteiger partial charge on any atom is 0.240 e. The van der Waals surface area contributed by atoms with Crippen molar-refractivity contribution >= 4 is 28.3 Å². The van der Waals surface area contributed by atoms with Crippen LogP contribution < -0.4 is 9.64 Å². The molecule has 0 saturated carbocycles. The minimum absolute atomic E-state index is 0.221. The molecule has 0 aliphatic carbocycles. The normalized spacial score (nSPS) is 27.8. The Morgan fingerprint density at radius 1 is 0.919 bits per heavy atom. The summed E-state index contributed by atoms with van der Waals surface area (Å²) >= 11 is 0. The minimum Gasteiger partial charge on any atom is -0.493 e. The van der Waals surface area contributed by atoms with Crippen LogP contribution >= 0.6 is 0 Å². The molecule has 0 aromatic heterocycles. The van der Waals surface area contributed by atoms with E-state index in [1.54, 1.807) is 36.4 Å². The van der Waals surface area contributed by atoms with Crippen LogP contribution in [0.1, 0.15) is 43.7 Å². The van der Waals surface area contributed by atoms with Crippen LogP contribution in [-0.2, 0) is 14.3 Å². The molecule has 7 heteroatoms. The average molecular weight is 492 g/mol. The van der Waals surface area contributed by atoms with E-state index in [4.69, 9.17) is 14.7 Å². The van der Waals surface area contributed by atoms with Crippen molar-refractivity contribution in [1.82, 2.24) is 0 Å². The second kappa shape index (κ2) is 8.44. The van der Waals surface area contributed by atoms with Crippen LogP contribution in [0.3, 0.4) is 0 Å². The largest absolute Gasteiger partial charge is 0.493 e. The smallest absolute Gasteiger partial charge is 0.240 e. The van der Waals surface area contributed by atoms with Crippen LogP contribution in [-0.4, -0.2) is 29.6 Å². The minimum atomic E-state index is -0.767. The zero-order valence-corrected chi connectivity index (χ0v) is 20.4. The van der Waals surface area contributed by atoms with E-state index in [2.05, 4.69) is 12.1 Å². The first-order valence-corrected chi connectivity index (χ1v) is 12.6. The average Bonchev–Trinajstić information content (AvgIpc) is 3.55. The highest BCUT2D eigenvalue weighted by Crippen LogP contribution is 2.63. The summed E-state index contributed by atoms with van der Waals surface area (Å²) in [6, 6.07) is 22.0. The number of amides is 2. The van der Waals surface area contributed by atoms with Gasteiger partial charge in [0.05, 0.1) is 58.6 Å². The first-order valence-electron chi connectivity index (χ1n) is 12.6. The number of nitriles is 2. The molecule has 4 atom stereocenters. The van der Waals surface area contributed by atoms with Gasteiger partial charge in [-0.05, 0) is 55.7 Å². The molecule has 2 bridgehead atoms. The molecule has 2 amide bonds. The number of hydrogen-bond acceptors (Lipinski definition) is 6. The number of nitrogens with zero attached hydrogens (tertiary/aromatic N) is 3. The number of carbonyl (C=O) groups excluding carboxylic acids is 2. The molecule has 3 aromatic rings. The molecule has 7 nitrogen and oxygen atoms in total. The van der Waals surface area contributed by atoms with Crippen molar-refractivity contribution in [2.24, 2.45) is 11.8 Å². The molecule has 3 saturated heterocycles. The third kappa shape index (κ3) is 3.28. The van der Waals surface area contributed by atoms with Crippen LogP contribution in [0.15, 0.2) is 60.7 Å². The van der Waals surface area contributed by atoms with Crippen molar-refractivity contribution in [3.05, 3.63) is 71.8 Å². The zero-order valence-electron chi connectivity index (χ0n) is 20.4. The van der Waals surface area contributed by atoms with Crippen molar-refractivity contribution in [3.63, 3.8) is 0 Å². The maximum absolute atomic E-state index is 14.0. The summed E-state index contributed by atoms with van der Waals surface area (Å²) < 4.78 is 12.6. The molecule has 3 heterocycles. The molecule has 3 aliphatic heterocycles. The van der Waals surface area contributed by atoms with Gasteiger partial charge in [-0.3, -0.25) is 9.59 Å². The fourth-order valence-corrected chi connectivity index (χ4v) is 6.68. The molecule has 3 aliphatic rings. The fourth-order valence-electron chi connectivity index (χ4n) is 6.68. The SMILES string of the molecule is CC[C@]12CC[C@](CCOc3ccc(C#N)cc3)(O1)[C@@H]1C(=O)N(c3ccc(C#N)c4ccccc34)C(=O)[C@@H]12. The Morgan fingerprint density at radius 2 is 1.59 bits per heavy atom. The number of anilines is 1. The number of hydrogen-bond donors (Lipinski definition) is 0. The van der Waals surface area contributed by atoms with Crippen LogP contribution in [0.4, 0.5) is 5.69 Å². The van der Waals surface area contributed by atoms with Gasteiger partial charge in [-0.1, -0.05) is 31.2 Å². The predicted octanol–water partition coefficient (Wildman–Crippen LogP) is 4.87. The Morgan fingerprint density at radius 3 is 2.27 bits per heavy atom. The second-order valence-electron chi connectivity index (χ2n) is 10.1. The van der Waals surface area contributed by atoms with Crippen LogP contribution in [0.2, 0.25) is 0 Å². The maximum atomic E-state index is 14.0. The summed E-state index contributed by atoms with van der Waals surface area (Å²) in [5.41, 5.74) is 0.152. The molecule has 0 radical (unpaired) electrons. The number of ether oxygens (including phenoxy) is 2. The van der Waals surface area contributed by atoms with E-state index in [0.717, 1.165) is 11.8 Å². The van der Waals surface area contributed by atoms with Gasteiger partial charge in [0.25, 0.3) is 0 Å². The summed E-state index contributed by atoms with van der Waals surface area (Å²) in [4.78, 5) is 29.3. The van der Waals surface area contributed by atoms with E-state index in [9.17, 15) is 14.9 Å². The third-order valence-corrected chi connectivity index (χ3v) is 8.46. The lowest BCUT2D eigenvalue weighted by Gasteiger charge is -2.31. The van der Waals surface area contributed by atoms with Crippen molar-refractivity contribution < 1.29 is 19.1 Å². The highest BCUT2D eigenvalue weighted by atomic mass is 16.5. The van der Waals surface area contributed by atoms with Crippen molar-refractivity contribution in [3.8, 4) is 17.9 Å². The summed E-state index contributed by atoms with van der Waals surface area (Å²) in [5, 5.41) is 20.0. The molecule has 0 unspecified atom stereocenters. The van der Waals surface area contributed by atoms with Gasteiger partial charge in [-0.15, -0.1) is 0 Å². The molecular formula is C30H25N3O4. The summed E-state index contributed by atoms with van der Waals surface area (Å²) in [6.45, 7) is 2.35. The number of carbonyl (C=O) groups is 2. The summed E-state index contributed by atoms with van der Waals surface area (Å²) in [6.07, 6.45) is 2.55. The molecule has 3 fully saturated rings. The van der Waals surface area contributed by atoms with Gasteiger partial charge in [-0.25, -0.2) is 4.90 Å². The molecular weight excluding hydrogens is 466 g/mol. The van der Waals surface area contributed by atoms with Gasteiger partial charge < -0.3 is 9.47 Å². The van der Waals surface area contributed by atoms with E-state index in [0.29, 0.717) is 53.8 Å². The monoisotopic (exact) mass is 491 g/mol.